The van der Waals surface area contributed by atoms with Crippen molar-refractivity contribution in [1.82, 2.24) is 5.32 Å². The molecular formula is C13H14F3NO3. The molecule has 1 saturated heterocycles. The molecule has 1 aromatic rings. The number of alkyl halides is 3. The third-order valence-corrected chi connectivity index (χ3v) is 3.01. The SMILES string of the molecule is CCOC(=O)C1(C(F)(F)F)N[C@@H](c2ccccc2)CO1. The molecule has 2 rings (SSSR count). The van der Waals surface area contributed by atoms with Gasteiger partial charge in [0.1, 0.15) is 0 Å². The van der Waals surface area contributed by atoms with Gasteiger partial charge in [-0.3, -0.25) is 5.32 Å². The number of hydrogen-bond donors (Lipinski definition) is 1. The van der Waals surface area contributed by atoms with Crippen LogP contribution in [0.3, 0.4) is 0 Å². The van der Waals surface area contributed by atoms with E-state index in [0.29, 0.717) is 5.56 Å². The van der Waals surface area contributed by atoms with Crippen LogP contribution in [0.15, 0.2) is 30.3 Å². The van der Waals surface area contributed by atoms with Crippen molar-refractivity contribution in [3.63, 3.8) is 0 Å². The maximum absolute atomic E-state index is 13.2. The van der Waals surface area contributed by atoms with Gasteiger partial charge in [-0.05, 0) is 12.5 Å². The van der Waals surface area contributed by atoms with E-state index in [1.165, 1.54) is 6.92 Å². The Labute approximate surface area is 113 Å². The molecule has 1 fully saturated rings. The van der Waals surface area contributed by atoms with Gasteiger partial charge >= 0.3 is 17.9 Å². The Balaban J connectivity index is 2.26. The average Bonchev–Trinajstić information content (AvgIpc) is 2.86. The second-order valence-corrected chi connectivity index (χ2v) is 4.32. The van der Waals surface area contributed by atoms with E-state index in [2.05, 4.69) is 10.1 Å². The van der Waals surface area contributed by atoms with Crippen LogP contribution < -0.4 is 5.32 Å². The molecule has 20 heavy (non-hydrogen) atoms. The Hall–Kier alpha value is -1.60. The molecule has 0 saturated carbocycles. The van der Waals surface area contributed by atoms with Crippen LogP contribution in [0.2, 0.25) is 0 Å². The fourth-order valence-electron chi connectivity index (χ4n) is 2.03. The highest BCUT2D eigenvalue weighted by Crippen LogP contribution is 2.39. The molecule has 2 atom stereocenters. The number of nitrogens with one attached hydrogen (secondary N) is 1. The maximum atomic E-state index is 13.2. The summed E-state index contributed by atoms with van der Waals surface area (Å²) in [7, 11) is 0. The normalized spacial score (nSPS) is 26.5. The van der Waals surface area contributed by atoms with Crippen molar-refractivity contribution in [1.29, 1.82) is 0 Å². The number of hydrogen-bond acceptors (Lipinski definition) is 4. The number of rotatable bonds is 3. The average molecular weight is 289 g/mol. The van der Waals surface area contributed by atoms with Gasteiger partial charge in [-0.15, -0.1) is 0 Å². The number of carbonyl (C=O) groups excluding carboxylic acids is 1. The van der Waals surface area contributed by atoms with Crippen molar-refractivity contribution in [3.8, 4) is 0 Å². The van der Waals surface area contributed by atoms with Gasteiger partial charge in [0.05, 0.1) is 19.3 Å². The van der Waals surface area contributed by atoms with Crippen LogP contribution in [0, 0.1) is 0 Å². The van der Waals surface area contributed by atoms with E-state index in [1.807, 2.05) is 0 Å². The Kier molecular flexibility index (Phi) is 4.01. The zero-order valence-electron chi connectivity index (χ0n) is 10.7. The summed E-state index contributed by atoms with van der Waals surface area (Å²) in [5.41, 5.74) is -2.48. The highest BCUT2D eigenvalue weighted by atomic mass is 19.4. The lowest BCUT2D eigenvalue weighted by molar-refractivity contribution is -0.271. The van der Waals surface area contributed by atoms with E-state index in [1.54, 1.807) is 30.3 Å². The number of esters is 1. The Morgan fingerprint density at radius 3 is 2.65 bits per heavy atom. The van der Waals surface area contributed by atoms with Crippen LogP contribution in [-0.4, -0.2) is 31.1 Å². The predicted molar refractivity (Wildman–Crippen MR) is 63.7 cm³/mol. The zero-order chi connectivity index (χ0) is 14.8. The van der Waals surface area contributed by atoms with E-state index in [0.717, 1.165) is 0 Å². The number of halogens is 3. The molecule has 110 valence electrons. The molecule has 1 aromatic carbocycles. The lowest BCUT2D eigenvalue weighted by atomic mass is 10.1. The fourth-order valence-corrected chi connectivity index (χ4v) is 2.03. The second-order valence-electron chi connectivity index (χ2n) is 4.32. The molecule has 0 aliphatic carbocycles. The first kappa shape index (κ1) is 14.8. The third kappa shape index (κ3) is 2.51. The van der Waals surface area contributed by atoms with Crippen molar-refractivity contribution in [2.24, 2.45) is 0 Å². The van der Waals surface area contributed by atoms with Crippen LogP contribution in [0.4, 0.5) is 13.2 Å². The largest absolute Gasteiger partial charge is 0.463 e. The van der Waals surface area contributed by atoms with Gasteiger partial charge in [-0.2, -0.15) is 13.2 Å². The zero-order valence-corrected chi connectivity index (χ0v) is 10.7. The summed E-state index contributed by atoms with van der Waals surface area (Å²) >= 11 is 0. The van der Waals surface area contributed by atoms with Crippen LogP contribution in [0.5, 0.6) is 0 Å². The molecule has 0 bridgehead atoms. The smallest absolute Gasteiger partial charge is 0.442 e. The molecule has 1 heterocycles. The van der Waals surface area contributed by atoms with Crippen molar-refractivity contribution in [3.05, 3.63) is 35.9 Å². The topological polar surface area (TPSA) is 47.6 Å². The quantitative estimate of drug-likeness (QED) is 0.866. The highest BCUT2D eigenvalue weighted by Gasteiger charge is 2.67. The molecule has 0 amide bonds. The van der Waals surface area contributed by atoms with Crippen molar-refractivity contribution >= 4 is 5.97 Å². The van der Waals surface area contributed by atoms with Crippen molar-refractivity contribution < 1.29 is 27.4 Å². The van der Waals surface area contributed by atoms with Gasteiger partial charge in [0, 0.05) is 0 Å². The van der Waals surface area contributed by atoms with Gasteiger partial charge in [-0.25, -0.2) is 4.79 Å². The molecule has 4 nitrogen and oxygen atoms in total. The molecule has 0 radical (unpaired) electrons. The fraction of sp³-hybridized carbons (Fsp3) is 0.462. The van der Waals surface area contributed by atoms with Gasteiger partial charge in [0.2, 0.25) is 0 Å². The number of carbonyl (C=O) groups is 1. The van der Waals surface area contributed by atoms with Crippen LogP contribution in [0.1, 0.15) is 18.5 Å². The minimum Gasteiger partial charge on any atom is -0.463 e. The number of benzene rings is 1. The van der Waals surface area contributed by atoms with Gasteiger partial charge in [0.25, 0.3) is 0 Å². The van der Waals surface area contributed by atoms with Crippen LogP contribution in [-0.2, 0) is 14.3 Å². The molecule has 1 unspecified atom stereocenters. The number of ether oxygens (including phenoxy) is 2. The molecule has 0 spiro atoms. The van der Waals surface area contributed by atoms with Gasteiger partial charge in [-0.1, -0.05) is 30.3 Å². The van der Waals surface area contributed by atoms with Crippen molar-refractivity contribution in [2.75, 3.05) is 13.2 Å². The van der Waals surface area contributed by atoms with E-state index < -0.39 is 23.9 Å². The van der Waals surface area contributed by atoms with Crippen LogP contribution in [0.25, 0.3) is 0 Å². The molecule has 0 aromatic heterocycles. The lowest BCUT2D eigenvalue weighted by Gasteiger charge is -2.28. The van der Waals surface area contributed by atoms with Gasteiger partial charge < -0.3 is 9.47 Å². The summed E-state index contributed by atoms with van der Waals surface area (Å²) in [5, 5.41) is 2.22. The second kappa shape index (κ2) is 5.41. The Morgan fingerprint density at radius 2 is 2.10 bits per heavy atom. The van der Waals surface area contributed by atoms with Crippen LogP contribution >= 0.6 is 0 Å². The van der Waals surface area contributed by atoms with E-state index in [-0.39, 0.29) is 13.2 Å². The molecule has 7 heteroatoms. The van der Waals surface area contributed by atoms with E-state index in [4.69, 9.17) is 4.74 Å². The van der Waals surface area contributed by atoms with Crippen molar-refractivity contribution in [2.45, 2.75) is 24.9 Å². The summed E-state index contributed by atoms with van der Waals surface area (Å²) in [5.74, 6) is -1.47. The monoisotopic (exact) mass is 289 g/mol. The predicted octanol–water partition coefficient (Wildman–Crippen LogP) is 2.17. The Bertz CT molecular complexity index is 477. The van der Waals surface area contributed by atoms with E-state index >= 15 is 0 Å². The summed E-state index contributed by atoms with van der Waals surface area (Å²) in [6.07, 6.45) is -4.90. The van der Waals surface area contributed by atoms with Gasteiger partial charge in [0.15, 0.2) is 0 Å². The Morgan fingerprint density at radius 1 is 1.45 bits per heavy atom. The lowest BCUT2D eigenvalue weighted by Crippen LogP contribution is -2.61. The molecule has 1 N–H and O–H groups in total. The first-order valence-electron chi connectivity index (χ1n) is 6.11. The highest BCUT2D eigenvalue weighted by molar-refractivity contribution is 5.80. The first-order chi connectivity index (χ1) is 9.40. The molecule has 1 aliphatic rings. The third-order valence-electron chi connectivity index (χ3n) is 3.01. The molecule has 1 aliphatic heterocycles. The summed E-state index contributed by atoms with van der Waals surface area (Å²) in [4.78, 5) is 11.7. The minimum absolute atomic E-state index is 0.155. The maximum Gasteiger partial charge on any atom is 0.442 e. The summed E-state index contributed by atoms with van der Waals surface area (Å²) < 4.78 is 48.8. The summed E-state index contributed by atoms with van der Waals surface area (Å²) in [6, 6.07) is 7.77. The summed E-state index contributed by atoms with van der Waals surface area (Å²) in [6.45, 7) is 1.02. The minimum atomic E-state index is -4.90. The first-order valence-corrected chi connectivity index (χ1v) is 6.11. The molecular weight excluding hydrogens is 275 g/mol. The van der Waals surface area contributed by atoms with E-state index in [9.17, 15) is 18.0 Å². The standard InChI is InChI=1S/C13H14F3NO3/c1-2-19-11(18)12(13(14,15)16)17-10(8-20-12)9-6-4-3-5-7-9/h3-7,10,17H,2,8H2,1H3/t10-,12?/m1/s1.